The number of anilines is 1. The van der Waals surface area contributed by atoms with Gasteiger partial charge >= 0.3 is 0 Å². The number of carbonyl (C=O) groups excluding carboxylic acids is 2. The minimum atomic E-state index is -3.49. The molecule has 2 N–H and O–H groups in total. The predicted octanol–water partition coefficient (Wildman–Crippen LogP) is 2.60. The van der Waals surface area contributed by atoms with E-state index in [0.29, 0.717) is 39.9 Å². The molecule has 37 heavy (non-hydrogen) atoms. The molecule has 2 aromatic carbocycles. The molecule has 1 atom stereocenters. The number of aliphatic hydroxyl groups excluding tert-OH is 1. The Morgan fingerprint density at radius 2 is 1.89 bits per heavy atom. The van der Waals surface area contributed by atoms with E-state index in [4.69, 9.17) is 26.2 Å². The van der Waals surface area contributed by atoms with Crippen molar-refractivity contribution < 1.29 is 32.6 Å². The average molecular weight is 556 g/mol. The van der Waals surface area contributed by atoms with Crippen molar-refractivity contribution in [2.24, 2.45) is 0 Å². The number of halogens is 1. The minimum absolute atomic E-state index is 0.0978. The fourth-order valence-electron chi connectivity index (χ4n) is 4.06. The van der Waals surface area contributed by atoms with Crippen molar-refractivity contribution in [3.05, 3.63) is 52.0 Å². The zero-order chi connectivity index (χ0) is 27.9. The molecule has 0 radical (unpaired) electrons. The lowest BCUT2D eigenvalue weighted by Crippen LogP contribution is -2.34. The maximum absolute atomic E-state index is 13.7. The number of hydrogen-bond acceptors (Lipinski definition) is 8. The molecule has 0 spiro atoms. The number of benzene rings is 2. The second-order valence-corrected chi connectivity index (χ2v) is 11.2. The van der Waals surface area contributed by atoms with Crippen LogP contribution in [-0.2, 0) is 21.2 Å². The van der Waals surface area contributed by atoms with Crippen molar-refractivity contribution in [1.82, 2.24) is 9.80 Å². The molecule has 3 rings (SSSR count). The fraction of sp³-hybridized carbons (Fsp3) is 0.440. The number of nitrogens with one attached hydrogen (secondary N) is 1. The Morgan fingerprint density at radius 1 is 1.22 bits per heavy atom. The Kier molecular flexibility index (Phi) is 10.7. The topological polar surface area (TPSA) is 125 Å². The molecule has 0 aromatic heterocycles. The van der Waals surface area contributed by atoms with Gasteiger partial charge in [0.15, 0.2) is 11.5 Å². The maximum Gasteiger partial charge on any atom is 0.257 e. The fourth-order valence-corrected chi connectivity index (χ4v) is 5.22. The first-order valence-electron chi connectivity index (χ1n) is 11.4. The van der Waals surface area contributed by atoms with E-state index in [9.17, 15) is 18.0 Å². The molecule has 2 amide bonds. The van der Waals surface area contributed by atoms with Gasteiger partial charge in [-0.05, 0) is 50.8 Å². The van der Waals surface area contributed by atoms with Crippen LogP contribution in [0, 0.1) is 0 Å². The van der Waals surface area contributed by atoms with Gasteiger partial charge in [0.05, 0.1) is 43.3 Å². The van der Waals surface area contributed by atoms with Crippen molar-refractivity contribution >= 4 is 38.9 Å². The Morgan fingerprint density at radius 3 is 2.46 bits per heavy atom. The third kappa shape index (κ3) is 7.57. The van der Waals surface area contributed by atoms with E-state index in [1.165, 1.54) is 12.0 Å². The molecular weight excluding hydrogens is 522 g/mol. The summed E-state index contributed by atoms with van der Waals surface area (Å²) in [5.41, 5.74) is 1.72. The molecule has 2 aromatic rings. The molecule has 1 aliphatic rings. The van der Waals surface area contributed by atoms with E-state index in [1.807, 2.05) is 6.92 Å². The largest absolute Gasteiger partial charge is 0.493 e. The molecule has 10 nitrogen and oxygen atoms in total. The number of amides is 2. The SMILES string of the molecule is CCOc1cc(C(CS(C)(=O)=O)N2Cc3c(Cl)ccc(NC(=O)CN(C)C)c3C2=O)ccc1OC.CO. The highest BCUT2D eigenvalue weighted by Crippen LogP contribution is 2.40. The van der Waals surface area contributed by atoms with Crippen molar-refractivity contribution in [2.45, 2.75) is 19.5 Å². The number of carbonyl (C=O) groups is 2. The average Bonchev–Trinajstić information content (AvgIpc) is 3.18. The highest BCUT2D eigenvalue weighted by molar-refractivity contribution is 7.90. The second kappa shape index (κ2) is 13.1. The van der Waals surface area contributed by atoms with Gasteiger partial charge < -0.3 is 29.7 Å². The smallest absolute Gasteiger partial charge is 0.257 e. The number of hydrogen-bond donors (Lipinski definition) is 2. The number of methoxy groups -OCH3 is 1. The standard InChI is InChI=1S/C24H30ClN3O6S.CH4O/c1-6-34-21-11-15(7-10-20(21)33-4)19(14-35(5,31)32)28-12-16-17(25)8-9-18(23(16)24(28)30)26-22(29)13-27(2)3;1-2/h7-11,19H,6,12-14H2,1-5H3,(H,26,29);2H,1H3. The first-order valence-corrected chi connectivity index (χ1v) is 13.9. The number of sulfone groups is 1. The van der Waals surface area contributed by atoms with Crippen LogP contribution in [-0.4, -0.2) is 88.6 Å². The molecule has 204 valence electrons. The van der Waals surface area contributed by atoms with Gasteiger partial charge in [0.25, 0.3) is 5.91 Å². The van der Waals surface area contributed by atoms with E-state index in [1.54, 1.807) is 49.3 Å². The number of rotatable bonds is 10. The molecule has 0 aliphatic carbocycles. The zero-order valence-corrected chi connectivity index (χ0v) is 23.4. The molecule has 0 bridgehead atoms. The summed E-state index contributed by atoms with van der Waals surface area (Å²) in [5, 5.41) is 10.1. The summed E-state index contributed by atoms with van der Waals surface area (Å²) >= 11 is 6.43. The maximum atomic E-state index is 13.7. The van der Waals surface area contributed by atoms with Gasteiger partial charge in [-0.15, -0.1) is 0 Å². The molecule has 0 saturated heterocycles. The Hall–Kier alpha value is -2.86. The number of likely N-dealkylation sites (N-methyl/N-ethyl adjacent to an activating group) is 1. The summed E-state index contributed by atoms with van der Waals surface area (Å²) in [4.78, 5) is 29.2. The number of ether oxygens (including phenoxy) is 2. The van der Waals surface area contributed by atoms with Crippen molar-refractivity contribution in [3.8, 4) is 11.5 Å². The molecule has 0 fully saturated rings. The number of fused-ring (bicyclic) bond motifs is 1. The summed E-state index contributed by atoms with van der Waals surface area (Å²) in [6.07, 6.45) is 1.13. The van der Waals surface area contributed by atoms with E-state index < -0.39 is 21.8 Å². The summed E-state index contributed by atoms with van der Waals surface area (Å²) in [5.74, 6) is -0.0477. The van der Waals surface area contributed by atoms with Gasteiger partial charge in [0.2, 0.25) is 5.91 Å². The van der Waals surface area contributed by atoms with E-state index in [-0.39, 0.29) is 30.3 Å². The third-order valence-electron chi connectivity index (χ3n) is 5.50. The lowest BCUT2D eigenvalue weighted by Gasteiger charge is -2.28. The van der Waals surface area contributed by atoms with E-state index >= 15 is 0 Å². The molecule has 1 aliphatic heterocycles. The summed E-state index contributed by atoms with van der Waals surface area (Å²) in [7, 11) is 2.55. The van der Waals surface area contributed by atoms with Gasteiger partial charge in [-0.1, -0.05) is 17.7 Å². The van der Waals surface area contributed by atoms with Crippen LogP contribution in [0.25, 0.3) is 0 Å². The quantitative estimate of drug-likeness (QED) is 0.458. The van der Waals surface area contributed by atoms with Gasteiger partial charge in [0.1, 0.15) is 9.84 Å². The van der Waals surface area contributed by atoms with Crippen LogP contribution in [0.4, 0.5) is 5.69 Å². The van der Waals surface area contributed by atoms with Crippen molar-refractivity contribution in [2.75, 3.05) is 58.8 Å². The molecular formula is C25H34ClN3O7S. The van der Waals surface area contributed by atoms with Gasteiger partial charge in [-0.25, -0.2) is 8.42 Å². The van der Waals surface area contributed by atoms with Gasteiger partial charge in [-0.3, -0.25) is 9.59 Å². The third-order valence-corrected chi connectivity index (χ3v) is 6.78. The van der Waals surface area contributed by atoms with E-state index in [2.05, 4.69) is 5.32 Å². The first-order chi connectivity index (χ1) is 17.4. The zero-order valence-electron chi connectivity index (χ0n) is 21.9. The van der Waals surface area contributed by atoms with Gasteiger partial charge in [0, 0.05) is 30.5 Å². The minimum Gasteiger partial charge on any atom is -0.493 e. The first kappa shape index (κ1) is 30.4. The lowest BCUT2D eigenvalue weighted by molar-refractivity contribution is -0.116. The normalized spacial score (nSPS) is 13.5. The Labute approximate surface area is 223 Å². The van der Waals surface area contributed by atoms with Crippen LogP contribution in [0.2, 0.25) is 5.02 Å². The monoisotopic (exact) mass is 555 g/mol. The summed E-state index contributed by atoms with van der Waals surface area (Å²) in [6, 6.07) is 7.49. The molecule has 1 unspecified atom stereocenters. The van der Waals surface area contributed by atoms with E-state index in [0.717, 1.165) is 13.4 Å². The second-order valence-electron chi connectivity index (χ2n) is 8.62. The Bertz CT molecular complexity index is 1240. The van der Waals surface area contributed by atoms with Crippen LogP contribution in [0.3, 0.4) is 0 Å². The highest BCUT2D eigenvalue weighted by Gasteiger charge is 2.38. The van der Waals surface area contributed by atoms with Crippen LogP contribution in [0.1, 0.15) is 34.5 Å². The van der Waals surface area contributed by atoms with Crippen LogP contribution in [0.5, 0.6) is 11.5 Å². The van der Waals surface area contributed by atoms with Crippen LogP contribution >= 0.6 is 11.6 Å². The van der Waals surface area contributed by atoms with Gasteiger partial charge in [-0.2, -0.15) is 0 Å². The number of nitrogens with zero attached hydrogens (tertiary/aromatic N) is 2. The molecule has 1 heterocycles. The number of aliphatic hydroxyl groups is 1. The molecule has 12 heteroatoms. The van der Waals surface area contributed by atoms with Crippen LogP contribution < -0.4 is 14.8 Å². The summed E-state index contributed by atoms with van der Waals surface area (Å²) in [6.45, 7) is 2.45. The molecule has 0 saturated carbocycles. The predicted molar refractivity (Wildman–Crippen MR) is 143 cm³/mol. The van der Waals surface area contributed by atoms with Crippen LogP contribution in [0.15, 0.2) is 30.3 Å². The Balaban J connectivity index is 0.00000235. The summed E-state index contributed by atoms with van der Waals surface area (Å²) < 4.78 is 35.8. The lowest BCUT2D eigenvalue weighted by atomic mass is 10.1. The van der Waals surface area contributed by atoms with Crippen molar-refractivity contribution in [1.29, 1.82) is 0 Å². The van der Waals surface area contributed by atoms with Crippen molar-refractivity contribution in [3.63, 3.8) is 0 Å². The highest BCUT2D eigenvalue weighted by atomic mass is 35.5.